The first-order chi connectivity index (χ1) is 13.7. The fraction of sp³-hybridized carbons (Fsp3) is 0.273. The summed E-state index contributed by atoms with van der Waals surface area (Å²) in [6, 6.07) is 17.9. The molecule has 0 aliphatic carbocycles. The number of rotatable bonds is 9. The summed E-state index contributed by atoms with van der Waals surface area (Å²) in [5.41, 5.74) is 2.91. The molecule has 0 radical (unpaired) electrons. The highest BCUT2D eigenvalue weighted by molar-refractivity contribution is 7.99. The molecule has 1 aromatic heterocycles. The largest absolute Gasteiger partial charge is 0.495 e. The van der Waals surface area contributed by atoms with E-state index in [1.165, 1.54) is 11.8 Å². The lowest BCUT2D eigenvalue weighted by Crippen LogP contribution is -2.26. The zero-order chi connectivity index (χ0) is 19.8. The number of ether oxygens (including phenoxy) is 1. The molecule has 0 unspecified atom stereocenters. The van der Waals surface area contributed by atoms with Gasteiger partial charge < -0.3 is 10.1 Å². The Hall–Kier alpha value is -2.73. The first-order valence-electron chi connectivity index (χ1n) is 9.40. The molecule has 0 saturated heterocycles. The summed E-state index contributed by atoms with van der Waals surface area (Å²) < 4.78 is 7.62. The van der Waals surface area contributed by atoms with E-state index in [9.17, 15) is 4.79 Å². The van der Waals surface area contributed by atoms with Crippen LogP contribution in [0.1, 0.15) is 19.8 Å². The van der Waals surface area contributed by atoms with Crippen molar-refractivity contribution in [1.29, 1.82) is 0 Å². The van der Waals surface area contributed by atoms with Gasteiger partial charge in [-0.2, -0.15) is 0 Å². The van der Waals surface area contributed by atoms with Gasteiger partial charge in [-0.05, 0) is 18.6 Å². The van der Waals surface area contributed by atoms with Crippen LogP contribution in [0.4, 0.5) is 0 Å². The van der Waals surface area contributed by atoms with Gasteiger partial charge in [0.1, 0.15) is 5.75 Å². The maximum absolute atomic E-state index is 12.1. The quantitative estimate of drug-likeness (QED) is 0.426. The summed E-state index contributed by atoms with van der Waals surface area (Å²) in [5, 5.41) is 3.71. The highest BCUT2D eigenvalue weighted by Crippen LogP contribution is 2.33. The minimum Gasteiger partial charge on any atom is -0.495 e. The third kappa shape index (κ3) is 4.75. The zero-order valence-electron chi connectivity index (χ0n) is 16.2. The van der Waals surface area contributed by atoms with Crippen LogP contribution in [0.25, 0.3) is 16.9 Å². The highest BCUT2D eigenvalue weighted by atomic mass is 32.2. The molecule has 0 aliphatic rings. The van der Waals surface area contributed by atoms with E-state index in [1.54, 1.807) is 7.11 Å². The fourth-order valence-corrected chi connectivity index (χ4v) is 3.70. The molecule has 5 nitrogen and oxygen atoms in total. The number of imidazole rings is 1. The van der Waals surface area contributed by atoms with Crippen molar-refractivity contribution in [2.45, 2.75) is 24.9 Å². The zero-order valence-corrected chi connectivity index (χ0v) is 17.0. The molecule has 1 heterocycles. The summed E-state index contributed by atoms with van der Waals surface area (Å²) >= 11 is 1.43. The van der Waals surface area contributed by atoms with E-state index >= 15 is 0 Å². The highest BCUT2D eigenvalue weighted by Gasteiger charge is 2.17. The number of hydrogen-bond donors (Lipinski definition) is 1. The number of nitrogens with one attached hydrogen (secondary N) is 1. The van der Waals surface area contributed by atoms with Crippen LogP contribution < -0.4 is 10.1 Å². The van der Waals surface area contributed by atoms with E-state index in [0.717, 1.165) is 40.7 Å². The smallest absolute Gasteiger partial charge is 0.230 e. The monoisotopic (exact) mass is 395 g/mol. The Morgan fingerprint density at radius 1 is 1.14 bits per heavy atom. The van der Waals surface area contributed by atoms with Gasteiger partial charge in [-0.1, -0.05) is 67.6 Å². The molecule has 6 heteroatoms. The van der Waals surface area contributed by atoms with Gasteiger partial charge in [-0.25, -0.2) is 4.98 Å². The molecule has 1 N–H and O–H groups in total. The van der Waals surface area contributed by atoms with Crippen LogP contribution in [-0.2, 0) is 4.79 Å². The van der Waals surface area contributed by atoms with Crippen molar-refractivity contribution in [1.82, 2.24) is 14.9 Å². The molecule has 2 aromatic carbocycles. The van der Waals surface area contributed by atoms with Crippen molar-refractivity contribution in [3.8, 4) is 22.7 Å². The third-order valence-electron chi connectivity index (χ3n) is 4.31. The lowest BCUT2D eigenvalue weighted by atomic mass is 10.1. The number of carbonyl (C=O) groups excluding carboxylic acids is 1. The van der Waals surface area contributed by atoms with Crippen LogP contribution in [0, 0.1) is 0 Å². The molecule has 0 saturated carbocycles. The molecule has 146 valence electrons. The van der Waals surface area contributed by atoms with Crippen LogP contribution >= 0.6 is 11.8 Å². The summed E-state index contributed by atoms with van der Waals surface area (Å²) in [6.07, 6.45) is 3.90. The van der Waals surface area contributed by atoms with Crippen molar-refractivity contribution < 1.29 is 9.53 Å². The van der Waals surface area contributed by atoms with Gasteiger partial charge in [-0.3, -0.25) is 9.36 Å². The molecule has 0 bridgehead atoms. The number of hydrogen-bond acceptors (Lipinski definition) is 4. The van der Waals surface area contributed by atoms with Gasteiger partial charge in [0, 0.05) is 12.1 Å². The predicted octanol–water partition coefficient (Wildman–Crippen LogP) is 4.56. The van der Waals surface area contributed by atoms with Crippen molar-refractivity contribution in [3.05, 3.63) is 60.8 Å². The molecule has 0 atom stereocenters. The van der Waals surface area contributed by atoms with Crippen LogP contribution in [0.3, 0.4) is 0 Å². The minimum atomic E-state index is 0.0225. The van der Waals surface area contributed by atoms with E-state index < -0.39 is 0 Å². The van der Waals surface area contributed by atoms with E-state index in [2.05, 4.69) is 33.9 Å². The van der Waals surface area contributed by atoms with Crippen molar-refractivity contribution in [2.24, 2.45) is 0 Å². The molecule has 0 fully saturated rings. The number of aromatic nitrogens is 2. The van der Waals surface area contributed by atoms with Crippen LogP contribution in [-0.4, -0.2) is 34.9 Å². The first kappa shape index (κ1) is 20.0. The maximum Gasteiger partial charge on any atom is 0.230 e. The molecule has 1 amide bonds. The van der Waals surface area contributed by atoms with E-state index in [4.69, 9.17) is 4.74 Å². The Bertz CT molecular complexity index is 909. The molecular weight excluding hydrogens is 370 g/mol. The second-order valence-corrected chi connectivity index (χ2v) is 7.23. The Labute approximate surface area is 170 Å². The summed E-state index contributed by atoms with van der Waals surface area (Å²) in [7, 11) is 1.66. The molecule has 0 spiro atoms. The van der Waals surface area contributed by atoms with Gasteiger partial charge >= 0.3 is 0 Å². The Morgan fingerprint density at radius 3 is 2.64 bits per heavy atom. The van der Waals surface area contributed by atoms with Crippen molar-refractivity contribution in [3.63, 3.8) is 0 Å². The third-order valence-corrected chi connectivity index (χ3v) is 5.26. The van der Waals surface area contributed by atoms with Gasteiger partial charge in [0.15, 0.2) is 5.16 Å². The average Bonchev–Trinajstić information content (AvgIpc) is 3.16. The number of thioether (sulfide) groups is 1. The van der Waals surface area contributed by atoms with Crippen LogP contribution in [0.15, 0.2) is 66.0 Å². The van der Waals surface area contributed by atoms with Crippen molar-refractivity contribution >= 4 is 17.7 Å². The topological polar surface area (TPSA) is 56.2 Å². The maximum atomic E-state index is 12.1. The van der Waals surface area contributed by atoms with E-state index in [-0.39, 0.29) is 5.91 Å². The average molecular weight is 396 g/mol. The number of amides is 1. The SMILES string of the molecule is CCCCNC(=O)CSc1ncc(-c2ccccc2)n1-c1ccccc1OC. The summed E-state index contributed by atoms with van der Waals surface area (Å²) in [4.78, 5) is 16.7. The van der Waals surface area contributed by atoms with Gasteiger partial charge in [0.05, 0.1) is 30.4 Å². The van der Waals surface area contributed by atoms with Gasteiger partial charge in [0.25, 0.3) is 0 Å². The Kier molecular flexibility index (Phi) is 7.14. The summed E-state index contributed by atoms with van der Waals surface area (Å²) in [5.74, 6) is 1.10. The number of carbonyl (C=O) groups is 1. The lowest BCUT2D eigenvalue weighted by molar-refractivity contribution is -0.118. The van der Waals surface area contributed by atoms with Gasteiger partial charge in [0.2, 0.25) is 5.91 Å². The predicted molar refractivity (Wildman–Crippen MR) is 114 cm³/mol. The number of unbranched alkanes of at least 4 members (excludes halogenated alkanes) is 1. The van der Waals surface area contributed by atoms with Crippen LogP contribution in [0.2, 0.25) is 0 Å². The first-order valence-corrected chi connectivity index (χ1v) is 10.4. The summed E-state index contributed by atoms with van der Waals surface area (Å²) in [6.45, 7) is 2.82. The standard InChI is InChI=1S/C22H25N3O2S/c1-3-4-14-23-21(26)16-28-22-24-15-19(17-10-6-5-7-11-17)25(22)18-12-8-9-13-20(18)27-2/h5-13,15H,3-4,14,16H2,1-2H3,(H,23,26). The number of para-hydroxylation sites is 2. The fourth-order valence-electron chi connectivity index (χ4n) is 2.88. The van der Waals surface area contributed by atoms with Crippen molar-refractivity contribution in [2.75, 3.05) is 19.4 Å². The molecule has 28 heavy (non-hydrogen) atoms. The molecule has 0 aliphatic heterocycles. The molecule has 3 aromatic rings. The number of nitrogens with zero attached hydrogens (tertiary/aromatic N) is 2. The molecule has 3 rings (SSSR count). The molecular formula is C22H25N3O2S. The number of benzene rings is 2. The minimum absolute atomic E-state index is 0.0225. The van der Waals surface area contributed by atoms with E-state index in [1.807, 2.05) is 48.7 Å². The Morgan fingerprint density at radius 2 is 1.89 bits per heavy atom. The normalized spacial score (nSPS) is 10.6. The lowest BCUT2D eigenvalue weighted by Gasteiger charge is -2.15. The Balaban J connectivity index is 1.93. The van der Waals surface area contributed by atoms with Crippen LogP contribution in [0.5, 0.6) is 5.75 Å². The van der Waals surface area contributed by atoms with E-state index in [0.29, 0.717) is 12.3 Å². The second kappa shape index (κ2) is 9.99. The second-order valence-electron chi connectivity index (χ2n) is 6.29. The number of methoxy groups -OCH3 is 1. The van der Waals surface area contributed by atoms with Gasteiger partial charge in [-0.15, -0.1) is 0 Å².